The molecule has 1 heterocycles. The first kappa shape index (κ1) is 11.1. The fourth-order valence-electron chi connectivity index (χ4n) is 1.71. The zero-order valence-electron chi connectivity index (χ0n) is 9.30. The molecule has 2 rings (SSSR count). The number of benzene rings is 1. The van der Waals surface area contributed by atoms with Gasteiger partial charge in [-0.15, -0.1) is 0 Å². The van der Waals surface area contributed by atoms with Crippen LogP contribution in [0.4, 0.5) is 0 Å². The number of hydrogen-bond acceptors (Lipinski definition) is 4. The molecule has 0 saturated heterocycles. The van der Waals surface area contributed by atoms with E-state index in [1.54, 1.807) is 0 Å². The molecule has 1 aromatic rings. The lowest BCUT2D eigenvalue weighted by molar-refractivity contribution is -0.149. The summed E-state index contributed by atoms with van der Waals surface area (Å²) in [5, 5.41) is 4.05. The molecule has 1 aliphatic rings. The molecular weight excluding hydrogens is 204 g/mol. The van der Waals surface area contributed by atoms with Crippen LogP contribution in [-0.4, -0.2) is 24.7 Å². The van der Waals surface area contributed by atoms with Crippen LogP contribution >= 0.6 is 0 Å². The van der Waals surface area contributed by atoms with Crippen LogP contribution in [0.2, 0.25) is 0 Å². The molecule has 0 fully saturated rings. The van der Waals surface area contributed by atoms with Crippen molar-refractivity contribution in [1.29, 1.82) is 0 Å². The van der Waals surface area contributed by atoms with E-state index in [9.17, 15) is 0 Å². The molecule has 0 saturated carbocycles. The van der Waals surface area contributed by atoms with E-state index in [-0.39, 0.29) is 12.3 Å². The Labute approximate surface area is 95.0 Å². The summed E-state index contributed by atoms with van der Waals surface area (Å²) < 4.78 is 5.33. The average Bonchev–Trinajstić information content (AvgIpc) is 2.31. The van der Waals surface area contributed by atoms with Crippen molar-refractivity contribution in [3.05, 3.63) is 35.9 Å². The number of nitrogens with zero attached hydrogens (tertiary/aromatic N) is 1. The molecule has 2 N–H and O–H groups in total. The van der Waals surface area contributed by atoms with Gasteiger partial charge in [0.05, 0.1) is 6.04 Å². The molecule has 4 heteroatoms. The van der Waals surface area contributed by atoms with Gasteiger partial charge in [0, 0.05) is 18.6 Å². The second-order valence-electron chi connectivity index (χ2n) is 3.68. The molecular formula is C12H16N2O2. The maximum Gasteiger partial charge on any atom is 0.228 e. The zero-order chi connectivity index (χ0) is 11.4. The highest BCUT2D eigenvalue weighted by molar-refractivity contribution is 6.04. The minimum Gasteiger partial charge on any atom is -0.363 e. The van der Waals surface area contributed by atoms with Crippen molar-refractivity contribution in [1.82, 2.24) is 0 Å². The van der Waals surface area contributed by atoms with Crippen molar-refractivity contribution in [2.45, 2.75) is 25.7 Å². The van der Waals surface area contributed by atoms with E-state index in [1.807, 2.05) is 37.3 Å². The summed E-state index contributed by atoms with van der Waals surface area (Å²) in [6.07, 6.45) is 0.328. The first-order valence-corrected chi connectivity index (χ1v) is 5.47. The quantitative estimate of drug-likeness (QED) is 0.839. The smallest absolute Gasteiger partial charge is 0.228 e. The third kappa shape index (κ3) is 2.40. The van der Waals surface area contributed by atoms with Gasteiger partial charge in [-0.2, -0.15) is 0 Å². The van der Waals surface area contributed by atoms with Gasteiger partial charge in [-0.05, 0) is 6.92 Å². The number of hydrogen-bond donors (Lipinski definition) is 1. The highest BCUT2D eigenvalue weighted by Crippen LogP contribution is 2.16. The highest BCUT2D eigenvalue weighted by Gasteiger charge is 2.25. The summed E-state index contributed by atoms with van der Waals surface area (Å²) >= 11 is 0. The van der Waals surface area contributed by atoms with Crippen molar-refractivity contribution >= 4 is 5.71 Å². The van der Waals surface area contributed by atoms with Crippen LogP contribution < -0.4 is 5.73 Å². The van der Waals surface area contributed by atoms with Gasteiger partial charge in [0.1, 0.15) is 5.71 Å². The van der Waals surface area contributed by atoms with Crippen LogP contribution in [0.15, 0.2) is 35.5 Å². The normalized spacial score (nSPS) is 24.8. The SMILES string of the molecule is CCO[C@@H]1C[C@@H](N)C(c2ccccc2)=NO1. The Balaban J connectivity index is 2.12. The maximum atomic E-state index is 6.04. The Morgan fingerprint density at radius 3 is 2.81 bits per heavy atom. The summed E-state index contributed by atoms with van der Waals surface area (Å²) in [6.45, 7) is 2.53. The lowest BCUT2D eigenvalue weighted by Gasteiger charge is -2.25. The monoisotopic (exact) mass is 220 g/mol. The Morgan fingerprint density at radius 1 is 1.44 bits per heavy atom. The van der Waals surface area contributed by atoms with E-state index in [2.05, 4.69) is 5.16 Å². The Kier molecular flexibility index (Phi) is 3.54. The second kappa shape index (κ2) is 5.09. The van der Waals surface area contributed by atoms with E-state index in [0.717, 1.165) is 11.3 Å². The van der Waals surface area contributed by atoms with E-state index in [0.29, 0.717) is 13.0 Å². The minimum absolute atomic E-state index is 0.132. The van der Waals surface area contributed by atoms with E-state index < -0.39 is 0 Å². The summed E-state index contributed by atoms with van der Waals surface area (Å²) in [6, 6.07) is 9.69. The largest absolute Gasteiger partial charge is 0.363 e. The first-order valence-electron chi connectivity index (χ1n) is 5.47. The lowest BCUT2D eigenvalue weighted by atomic mass is 10.0. The topological polar surface area (TPSA) is 56.8 Å². The van der Waals surface area contributed by atoms with Crippen LogP contribution in [0.25, 0.3) is 0 Å². The second-order valence-corrected chi connectivity index (χ2v) is 3.68. The predicted octanol–water partition coefficient (Wildman–Crippen LogP) is 1.50. The number of ether oxygens (including phenoxy) is 1. The molecule has 1 aliphatic heterocycles. The Morgan fingerprint density at radius 2 is 2.19 bits per heavy atom. The van der Waals surface area contributed by atoms with Crippen LogP contribution in [0.3, 0.4) is 0 Å². The number of oxime groups is 1. The standard InChI is InChI=1S/C12H16N2O2/c1-2-15-11-8-10(13)12(14-16-11)9-6-4-3-5-7-9/h3-7,10-11H,2,8,13H2,1H3/t10-,11+/m1/s1. The van der Waals surface area contributed by atoms with Crippen LogP contribution in [0.1, 0.15) is 18.9 Å². The van der Waals surface area contributed by atoms with Crippen molar-refractivity contribution in [3.63, 3.8) is 0 Å². The molecule has 0 bridgehead atoms. The molecule has 4 nitrogen and oxygen atoms in total. The first-order chi connectivity index (χ1) is 7.81. The molecule has 0 spiro atoms. The average molecular weight is 220 g/mol. The van der Waals surface area contributed by atoms with Gasteiger partial charge in [0.15, 0.2) is 0 Å². The summed E-state index contributed by atoms with van der Waals surface area (Å²) in [4.78, 5) is 5.24. The highest BCUT2D eigenvalue weighted by atomic mass is 16.8. The van der Waals surface area contributed by atoms with Crippen LogP contribution in [0.5, 0.6) is 0 Å². The van der Waals surface area contributed by atoms with Crippen molar-refractivity contribution in [2.75, 3.05) is 6.61 Å². The van der Waals surface area contributed by atoms with Crippen molar-refractivity contribution < 1.29 is 9.57 Å². The summed E-state index contributed by atoms with van der Waals surface area (Å²) in [7, 11) is 0. The summed E-state index contributed by atoms with van der Waals surface area (Å²) in [5.41, 5.74) is 7.83. The maximum absolute atomic E-state index is 6.04. The van der Waals surface area contributed by atoms with E-state index in [1.165, 1.54) is 0 Å². The lowest BCUT2D eigenvalue weighted by Crippen LogP contribution is -2.40. The molecule has 0 aromatic heterocycles. The molecule has 1 aromatic carbocycles. The fraction of sp³-hybridized carbons (Fsp3) is 0.417. The Hall–Kier alpha value is -1.39. The van der Waals surface area contributed by atoms with Crippen molar-refractivity contribution in [2.24, 2.45) is 10.9 Å². The molecule has 2 atom stereocenters. The van der Waals surface area contributed by atoms with Gasteiger partial charge in [-0.1, -0.05) is 35.5 Å². The molecule has 16 heavy (non-hydrogen) atoms. The third-order valence-electron chi connectivity index (χ3n) is 2.49. The van der Waals surface area contributed by atoms with Gasteiger partial charge in [0.2, 0.25) is 6.29 Å². The number of nitrogens with two attached hydrogens (primary N) is 1. The van der Waals surface area contributed by atoms with Crippen LogP contribution in [-0.2, 0) is 9.57 Å². The molecule has 0 unspecified atom stereocenters. The van der Waals surface area contributed by atoms with Gasteiger partial charge in [0.25, 0.3) is 0 Å². The molecule has 0 aliphatic carbocycles. The van der Waals surface area contributed by atoms with Crippen molar-refractivity contribution in [3.8, 4) is 0 Å². The van der Waals surface area contributed by atoms with Gasteiger partial charge in [-0.3, -0.25) is 0 Å². The Bertz CT molecular complexity index is 365. The van der Waals surface area contributed by atoms with E-state index in [4.69, 9.17) is 15.3 Å². The molecule has 0 radical (unpaired) electrons. The third-order valence-corrected chi connectivity index (χ3v) is 2.49. The molecule has 0 amide bonds. The predicted molar refractivity (Wildman–Crippen MR) is 62.1 cm³/mol. The van der Waals surface area contributed by atoms with Gasteiger partial charge < -0.3 is 15.3 Å². The zero-order valence-corrected chi connectivity index (χ0v) is 9.30. The summed E-state index contributed by atoms with van der Waals surface area (Å²) in [5.74, 6) is 0. The number of rotatable bonds is 3. The van der Waals surface area contributed by atoms with E-state index >= 15 is 0 Å². The minimum atomic E-state index is -0.313. The van der Waals surface area contributed by atoms with Crippen LogP contribution in [0, 0.1) is 0 Å². The molecule has 86 valence electrons. The fourth-order valence-corrected chi connectivity index (χ4v) is 1.71. The van der Waals surface area contributed by atoms with Gasteiger partial charge in [-0.25, -0.2) is 0 Å². The van der Waals surface area contributed by atoms with Gasteiger partial charge >= 0.3 is 0 Å².